The van der Waals surface area contributed by atoms with Crippen LogP contribution in [0.3, 0.4) is 0 Å². The average Bonchev–Trinajstić information content (AvgIpc) is 2.04. The first kappa shape index (κ1) is 8.71. The van der Waals surface area contributed by atoms with Crippen molar-refractivity contribution in [2.45, 2.75) is 0 Å². The summed E-state index contributed by atoms with van der Waals surface area (Å²) >= 11 is 0. The van der Waals surface area contributed by atoms with Crippen molar-refractivity contribution >= 4 is 5.91 Å². The molecule has 0 heterocycles. The van der Waals surface area contributed by atoms with Gasteiger partial charge in [-0.3, -0.25) is 4.79 Å². The summed E-state index contributed by atoms with van der Waals surface area (Å²) < 4.78 is 12.9. The van der Waals surface area contributed by atoms with E-state index in [4.69, 9.17) is 0 Å². The topological polar surface area (TPSA) is 20.3 Å². The Morgan fingerprint density at radius 1 is 1.58 bits per heavy atom. The van der Waals surface area contributed by atoms with Crippen molar-refractivity contribution in [2.24, 2.45) is 0 Å². The van der Waals surface area contributed by atoms with Crippen molar-refractivity contribution in [3.63, 3.8) is 0 Å². The number of hydrogen-bond donors (Lipinski definition) is 0. The maximum absolute atomic E-state index is 12.9. The molecule has 0 atom stereocenters. The third-order valence-corrected chi connectivity index (χ3v) is 1.44. The van der Waals surface area contributed by atoms with E-state index < -0.39 is 5.82 Å². The van der Waals surface area contributed by atoms with Crippen LogP contribution >= 0.6 is 0 Å². The highest BCUT2D eigenvalue weighted by molar-refractivity contribution is 5.94. The Kier molecular flexibility index (Phi) is 2.43. The van der Waals surface area contributed by atoms with Crippen LogP contribution in [0.2, 0.25) is 0 Å². The summed E-state index contributed by atoms with van der Waals surface area (Å²) in [6.07, 6.45) is 0. The number of amides is 1. The molecule has 1 radical (unpaired) electrons. The Labute approximate surface area is 70.6 Å². The molecule has 0 N–H and O–H groups in total. The van der Waals surface area contributed by atoms with Gasteiger partial charge in [0.15, 0.2) is 0 Å². The summed E-state index contributed by atoms with van der Waals surface area (Å²) in [6.45, 7) is 0. The Balaban J connectivity index is 3.03. The maximum atomic E-state index is 12.9. The number of rotatable bonds is 1. The monoisotopic (exact) mass is 166 g/mol. The Morgan fingerprint density at radius 3 is 2.75 bits per heavy atom. The predicted octanol–water partition coefficient (Wildman–Crippen LogP) is 1.33. The van der Waals surface area contributed by atoms with E-state index in [0.717, 1.165) is 0 Å². The predicted molar refractivity (Wildman–Crippen MR) is 43.3 cm³/mol. The fourth-order valence-electron chi connectivity index (χ4n) is 0.823. The van der Waals surface area contributed by atoms with Gasteiger partial charge in [0.25, 0.3) is 5.91 Å². The van der Waals surface area contributed by atoms with E-state index in [1.54, 1.807) is 20.2 Å². The quantitative estimate of drug-likeness (QED) is 0.616. The summed E-state index contributed by atoms with van der Waals surface area (Å²) in [5.41, 5.74) is 0.0579. The summed E-state index contributed by atoms with van der Waals surface area (Å²) in [4.78, 5) is 12.6. The number of carbonyl (C=O) groups is 1. The zero-order chi connectivity index (χ0) is 9.14. The standard InChI is InChI=1S/C9H9FNO/c1-11(2)9(12)7-5-3-4-6-8(7)10/h3-5H,1-2H3. The van der Waals surface area contributed by atoms with E-state index in [2.05, 4.69) is 6.07 Å². The van der Waals surface area contributed by atoms with E-state index in [9.17, 15) is 9.18 Å². The minimum atomic E-state index is -0.601. The van der Waals surface area contributed by atoms with E-state index >= 15 is 0 Å². The summed E-state index contributed by atoms with van der Waals surface area (Å²) in [6, 6.07) is 6.78. The molecule has 1 amide bonds. The zero-order valence-electron chi connectivity index (χ0n) is 6.97. The molecule has 2 nitrogen and oxygen atoms in total. The molecule has 0 unspecified atom stereocenters. The lowest BCUT2D eigenvalue weighted by molar-refractivity contribution is 0.0823. The van der Waals surface area contributed by atoms with Crippen molar-refractivity contribution in [3.05, 3.63) is 35.6 Å². The van der Waals surface area contributed by atoms with Crippen LogP contribution in [-0.2, 0) is 0 Å². The van der Waals surface area contributed by atoms with E-state index in [1.165, 1.54) is 17.0 Å². The molecule has 0 saturated heterocycles. The third-order valence-electron chi connectivity index (χ3n) is 1.44. The molecule has 0 aliphatic carbocycles. The molecule has 1 aromatic rings. The van der Waals surface area contributed by atoms with Gasteiger partial charge in [-0.1, -0.05) is 12.1 Å². The lowest BCUT2D eigenvalue weighted by atomic mass is 10.2. The highest BCUT2D eigenvalue weighted by Crippen LogP contribution is 2.06. The molecule has 0 spiro atoms. The fourth-order valence-corrected chi connectivity index (χ4v) is 0.823. The van der Waals surface area contributed by atoms with Gasteiger partial charge in [-0.25, -0.2) is 4.39 Å². The van der Waals surface area contributed by atoms with Gasteiger partial charge in [-0.05, 0) is 6.07 Å². The van der Waals surface area contributed by atoms with Crippen LogP contribution in [0.15, 0.2) is 18.2 Å². The zero-order valence-corrected chi connectivity index (χ0v) is 6.97. The second-order valence-electron chi connectivity index (χ2n) is 2.60. The van der Waals surface area contributed by atoms with Crippen LogP contribution < -0.4 is 0 Å². The molecule has 12 heavy (non-hydrogen) atoms. The highest BCUT2D eigenvalue weighted by atomic mass is 19.1. The van der Waals surface area contributed by atoms with Gasteiger partial charge in [0.2, 0.25) is 0 Å². The summed E-state index contributed by atoms with van der Waals surface area (Å²) in [5.74, 6) is -0.944. The Bertz CT molecular complexity index is 296. The van der Waals surface area contributed by atoms with Crippen LogP contribution in [0.5, 0.6) is 0 Å². The number of nitrogens with zero attached hydrogens (tertiary/aromatic N) is 1. The second kappa shape index (κ2) is 3.34. The van der Waals surface area contributed by atoms with Gasteiger partial charge in [-0.15, -0.1) is 0 Å². The molecule has 0 aliphatic heterocycles. The molecule has 63 valence electrons. The van der Waals surface area contributed by atoms with E-state index in [1.807, 2.05) is 0 Å². The minimum absolute atomic E-state index is 0.0579. The first-order chi connectivity index (χ1) is 5.63. The van der Waals surface area contributed by atoms with Crippen molar-refractivity contribution in [1.82, 2.24) is 4.90 Å². The van der Waals surface area contributed by atoms with Gasteiger partial charge in [-0.2, -0.15) is 0 Å². The molecule has 1 aromatic carbocycles. The van der Waals surface area contributed by atoms with Crippen LogP contribution in [0.25, 0.3) is 0 Å². The fraction of sp³-hybridized carbons (Fsp3) is 0.222. The Morgan fingerprint density at radius 2 is 2.25 bits per heavy atom. The van der Waals surface area contributed by atoms with Crippen molar-refractivity contribution < 1.29 is 9.18 Å². The first-order valence-corrected chi connectivity index (χ1v) is 3.51. The van der Waals surface area contributed by atoms with Gasteiger partial charge < -0.3 is 4.90 Å². The molecule has 0 aliphatic rings. The van der Waals surface area contributed by atoms with Crippen molar-refractivity contribution in [3.8, 4) is 0 Å². The van der Waals surface area contributed by atoms with Crippen LogP contribution in [0, 0.1) is 11.9 Å². The molecular weight excluding hydrogens is 157 g/mol. The molecule has 0 fully saturated rings. The summed E-state index contributed by atoms with van der Waals surface area (Å²) in [7, 11) is 3.16. The van der Waals surface area contributed by atoms with Gasteiger partial charge in [0, 0.05) is 20.2 Å². The van der Waals surface area contributed by atoms with Gasteiger partial charge in [0.1, 0.15) is 5.82 Å². The van der Waals surface area contributed by atoms with Crippen molar-refractivity contribution in [2.75, 3.05) is 14.1 Å². The number of hydrogen-bond acceptors (Lipinski definition) is 1. The molecule has 0 bridgehead atoms. The van der Waals surface area contributed by atoms with Crippen LogP contribution in [-0.4, -0.2) is 24.9 Å². The molecular formula is C9H9FNO. The van der Waals surface area contributed by atoms with Crippen molar-refractivity contribution in [1.29, 1.82) is 0 Å². The number of benzene rings is 1. The van der Waals surface area contributed by atoms with E-state index in [-0.39, 0.29) is 11.5 Å². The smallest absolute Gasteiger partial charge is 0.256 e. The highest BCUT2D eigenvalue weighted by Gasteiger charge is 2.11. The SMILES string of the molecule is CN(C)C(=O)c1ccc[c]c1F. The second-order valence-corrected chi connectivity index (χ2v) is 2.60. The lowest BCUT2D eigenvalue weighted by Gasteiger charge is -2.09. The number of carbonyl (C=O) groups excluding carboxylic acids is 1. The van der Waals surface area contributed by atoms with Crippen LogP contribution in [0.1, 0.15) is 10.4 Å². The molecule has 0 saturated carbocycles. The van der Waals surface area contributed by atoms with Gasteiger partial charge >= 0.3 is 0 Å². The lowest BCUT2D eigenvalue weighted by Crippen LogP contribution is -2.22. The maximum Gasteiger partial charge on any atom is 0.256 e. The van der Waals surface area contributed by atoms with Crippen LogP contribution in [0.4, 0.5) is 4.39 Å². The minimum Gasteiger partial charge on any atom is -0.345 e. The van der Waals surface area contributed by atoms with Gasteiger partial charge in [0.05, 0.1) is 5.56 Å². The molecule has 1 rings (SSSR count). The third kappa shape index (κ3) is 1.61. The van der Waals surface area contributed by atoms with E-state index in [0.29, 0.717) is 0 Å². The number of halogens is 1. The summed E-state index contributed by atoms with van der Waals surface area (Å²) in [5, 5.41) is 0. The normalized spacial score (nSPS) is 9.58. The largest absolute Gasteiger partial charge is 0.345 e. The molecule has 0 aromatic heterocycles. The first-order valence-electron chi connectivity index (χ1n) is 3.51. The molecule has 3 heteroatoms. The Hall–Kier alpha value is -1.38. The average molecular weight is 166 g/mol.